The molecular weight excluding hydrogens is 248 g/mol. The first-order valence-corrected chi connectivity index (χ1v) is 5.56. The van der Waals surface area contributed by atoms with E-state index in [9.17, 15) is 10.1 Å². The summed E-state index contributed by atoms with van der Waals surface area (Å²) in [6, 6.07) is 9.89. The lowest BCUT2D eigenvalue weighted by Gasteiger charge is -2.07. The number of rotatable bonds is 5. The van der Waals surface area contributed by atoms with Crippen molar-refractivity contribution < 1.29 is 14.4 Å². The fraction of sp³-hybridized carbons (Fsp3) is 0.154. The van der Waals surface area contributed by atoms with Gasteiger partial charge in [0.1, 0.15) is 12.4 Å². The molecular formula is C13H12N2O4. The van der Waals surface area contributed by atoms with E-state index in [-0.39, 0.29) is 11.4 Å². The third kappa shape index (κ3) is 3.19. The summed E-state index contributed by atoms with van der Waals surface area (Å²) in [4.78, 5) is 14.4. The topological polar surface area (TPSA) is 74.5 Å². The molecule has 1 heterocycles. The number of benzene rings is 1. The predicted molar refractivity (Wildman–Crippen MR) is 68.2 cm³/mol. The summed E-state index contributed by atoms with van der Waals surface area (Å²) < 4.78 is 10.5. The number of nitro groups is 1. The number of nitrogens with zero attached hydrogens (tertiary/aromatic N) is 2. The first-order valence-electron chi connectivity index (χ1n) is 5.56. The van der Waals surface area contributed by atoms with E-state index in [2.05, 4.69) is 4.98 Å². The number of pyridine rings is 1. The normalized spacial score (nSPS) is 9.95. The van der Waals surface area contributed by atoms with Crippen LogP contribution in [0.3, 0.4) is 0 Å². The van der Waals surface area contributed by atoms with Gasteiger partial charge in [0.15, 0.2) is 0 Å². The van der Waals surface area contributed by atoms with Crippen molar-refractivity contribution >= 4 is 5.69 Å². The summed E-state index contributed by atoms with van der Waals surface area (Å²) in [5.74, 6) is 0.664. The molecule has 19 heavy (non-hydrogen) atoms. The SMILES string of the molecule is COc1cc(OCc2ccccn2)ccc1[N+](=O)[O-]. The molecule has 98 valence electrons. The smallest absolute Gasteiger partial charge is 0.311 e. The van der Waals surface area contributed by atoms with E-state index in [1.54, 1.807) is 6.20 Å². The maximum Gasteiger partial charge on any atom is 0.311 e. The lowest BCUT2D eigenvalue weighted by atomic mass is 10.3. The van der Waals surface area contributed by atoms with Crippen LogP contribution >= 0.6 is 0 Å². The van der Waals surface area contributed by atoms with E-state index in [0.29, 0.717) is 12.4 Å². The molecule has 0 saturated heterocycles. The number of hydrogen-bond donors (Lipinski definition) is 0. The van der Waals surface area contributed by atoms with Gasteiger partial charge < -0.3 is 9.47 Å². The van der Waals surface area contributed by atoms with Crippen molar-refractivity contribution in [2.24, 2.45) is 0 Å². The van der Waals surface area contributed by atoms with E-state index in [0.717, 1.165) is 5.69 Å². The second kappa shape index (κ2) is 5.81. The fourth-order valence-electron chi connectivity index (χ4n) is 1.54. The highest BCUT2D eigenvalue weighted by Gasteiger charge is 2.15. The monoisotopic (exact) mass is 260 g/mol. The Morgan fingerprint density at radius 2 is 2.16 bits per heavy atom. The van der Waals surface area contributed by atoms with Crippen molar-refractivity contribution in [2.75, 3.05) is 7.11 Å². The molecule has 6 nitrogen and oxygen atoms in total. The zero-order chi connectivity index (χ0) is 13.7. The number of hydrogen-bond acceptors (Lipinski definition) is 5. The minimum Gasteiger partial charge on any atom is -0.490 e. The molecule has 0 unspecified atom stereocenters. The van der Waals surface area contributed by atoms with Crippen molar-refractivity contribution in [3.63, 3.8) is 0 Å². The van der Waals surface area contributed by atoms with E-state index < -0.39 is 4.92 Å². The van der Waals surface area contributed by atoms with Crippen molar-refractivity contribution in [3.8, 4) is 11.5 Å². The van der Waals surface area contributed by atoms with E-state index in [4.69, 9.17) is 9.47 Å². The molecule has 1 aromatic carbocycles. The Morgan fingerprint density at radius 3 is 2.79 bits per heavy atom. The predicted octanol–water partition coefficient (Wildman–Crippen LogP) is 2.58. The van der Waals surface area contributed by atoms with Gasteiger partial charge in [-0.25, -0.2) is 0 Å². The van der Waals surface area contributed by atoms with Crippen LogP contribution in [-0.2, 0) is 6.61 Å². The van der Waals surface area contributed by atoms with Crippen LogP contribution in [0.25, 0.3) is 0 Å². The highest BCUT2D eigenvalue weighted by Crippen LogP contribution is 2.30. The molecule has 1 aromatic heterocycles. The molecule has 6 heteroatoms. The Balaban J connectivity index is 2.11. The van der Waals surface area contributed by atoms with E-state index in [1.165, 1.54) is 25.3 Å². The number of nitro benzene ring substituents is 1. The van der Waals surface area contributed by atoms with Gasteiger partial charge in [-0.3, -0.25) is 15.1 Å². The molecule has 0 atom stereocenters. The van der Waals surface area contributed by atoms with Crippen LogP contribution in [0.2, 0.25) is 0 Å². The van der Waals surface area contributed by atoms with Gasteiger partial charge in [0, 0.05) is 18.3 Å². The maximum atomic E-state index is 10.7. The highest BCUT2D eigenvalue weighted by molar-refractivity contribution is 5.50. The molecule has 0 fully saturated rings. The van der Waals surface area contributed by atoms with Crippen molar-refractivity contribution in [1.82, 2.24) is 4.98 Å². The zero-order valence-corrected chi connectivity index (χ0v) is 10.3. The average molecular weight is 260 g/mol. The average Bonchev–Trinajstić information content (AvgIpc) is 2.45. The first kappa shape index (κ1) is 12.8. The molecule has 0 aliphatic heterocycles. The summed E-state index contributed by atoms with van der Waals surface area (Å²) in [7, 11) is 1.38. The largest absolute Gasteiger partial charge is 0.490 e. The number of methoxy groups -OCH3 is 1. The van der Waals surface area contributed by atoms with Crippen LogP contribution in [0.4, 0.5) is 5.69 Å². The van der Waals surface area contributed by atoms with Gasteiger partial charge in [-0.05, 0) is 18.2 Å². The lowest BCUT2D eigenvalue weighted by Crippen LogP contribution is -1.99. The van der Waals surface area contributed by atoms with Crippen LogP contribution in [-0.4, -0.2) is 17.0 Å². The van der Waals surface area contributed by atoms with Crippen molar-refractivity contribution in [2.45, 2.75) is 6.61 Å². The van der Waals surface area contributed by atoms with Gasteiger partial charge in [-0.2, -0.15) is 0 Å². The molecule has 0 bridgehead atoms. The van der Waals surface area contributed by atoms with Gasteiger partial charge >= 0.3 is 5.69 Å². The van der Waals surface area contributed by atoms with Crippen LogP contribution in [0.5, 0.6) is 11.5 Å². The quantitative estimate of drug-likeness (QED) is 0.610. The van der Waals surface area contributed by atoms with E-state index in [1.807, 2.05) is 18.2 Å². The minimum atomic E-state index is -0.499. The Labute approximate surface area is 109 Å². The number of aromatic nitrogens is 1. The Morgan fingerprint density at radius 1 is 1.32 bits per heavy atom. The first-order chi connectivity index (χ1) is 9.20. The summed E-state index contributed by atoms with van der Waals surface area (Å²) in [6.45, 7) is 0.293. The summed E-state index contributed by atoms with van der Waals surface area (Å²) in [5, 5.41) is 10.7. The van der Waals surface area contributed by atoms with Gasteiger partial charge in [0.25, 0.3) is 0 Å². The molecule has 0 spiro atoms. The molecule has 0 aliphatic carbocycles. The zero-order valence-electron chi connectivity index (χ0n) is 10.3. The van der Waals surface area contributed by atoms with E-state index >= 15 is 0 Å². The standard InChI is InChI=1S/C13H12N2O4/c1-18-13-8-11(5-6-12(13)15(16)17)19-9-10-4-2-3-7-14-10/h2-8H,9H2,1H3. The molecule has 2 aromatic rings. The van der Waals surface area contributed by atoms with Gasteiger partial charge in [0.2, 0.25) is 5.75 Å². The molecule has 2 rings (SSSR count). The summed E-state index contributed by atoms with van der Waals surface area (Å²) in [6.07, 6.45) is 1.68. The molecule has 0 aliphatic rings. The molecule has 0 N–H and O–H groups in total. The second-order valence-electron chi connectivity index (χ2n) is 3.70. The van der Waals surface area contributed by atoms with Gasteiger partial charge in [-0.15, -0.1) is 0 Å². The van der Waals surface area contributed by atoms with Gasteiger partial charge in [0.05, 0.1) is 17.7 Å². The molecule has 0 amide bonds. The Bertz CT molecular complexity index is 572. The summed E-state index contributed by atoms with van der Waals surface area (Å²) >= 11 is 0. The van der Waals surface area contributed by atoms with Crippen molar-refractivity contribution in [1.29, 1.82) is 0 Å². The minimum absolute atomic E-state index is 0.0901. The van der Waals surface area contributed by atoms with Gasteiger partial charge in [-0.1, -0.05) is 6.07 Å². The van der Waals surface area contributed by atoms with Crippen LogP contribution in [0.15, 0.2) is 42.6 Å². The molecule has 0 saturated carbocycles. The lowest BCUT2D eigenvalue weighted by molar-refractivity contribution is -0.385. The second-order valence-corrected chi connectivity index (χ2v) is 3.70. The third-order valence-electron chi connectivity index (χ3n) is 2.46. The van der Waals surface area contributed by atoms with Crippen molar-refractivity contribution in [3.05, 3.63) is 58.4 Å². The van der Waals surface area contributed by atoms with Crippen LogP contribution in [0.1, 0.15) is 5.69 Å². The molecule has 0 radical (unpaired) electrons. The Kier molecular flexibility index (Phi) is 3.92. The Hall–Kier alpha value is -2.63. The fourth-order valence-corrected chi connectivity index (χ4v) is 1.54. The van der Waals surface area contributed by atoms with Crippen LogP contribution < -0.4 is 9.47 Å². The maximum absolute atomic E-state index is 10.7. The third-order valence-corrected chi connectivity index (χ3v) is 2.46. The highest BCUT2D eigenvalue weighted by atomic mass is 16.6. The summed E-state index contributed by atoms with van der Waals surface area (Å²) in [5.41, 5.74) is 0.688. The number of ether oxygens (including phenoxy) is 2. The van der Waals surface area contributed by atoms with Crippen LogP contribution in [0, 0.1) is 10.1 Å².